The Balaban J connectivity index is 1.66. The van der Waals surface area contributed by atoms with Crippen molar-refractivity contribution in [2.75, 3.05) is 31.1 Å². The van der Waals surface area contributed by atoms with Crippen LogP contribution in [0.3, 0.4) is 0 Å². The molecule has 132 valence electrons. The van der Waals surface area contributed by atoms with Crippen molar-refractivity contribution in [3.05, 3.63) is 47.3 Å². The molecule has 25 heavy (non-hydrogen) atoms. The van der Waals surface area contributed by atoms with Crippen LogP contribution in [0.1, 0.15) is 30.7 Å². The van der Waals surface area contributed by atoms with E-state index in [1.54, 1.807) is 0 Å². The summed E-state index contributed by atoms with van der Waals surface area (Å²) >= 11 is 0. The molecule has 0 spiro atoms. The molecule has 1 aromatic carbocycles. The Hall–Kier alpha value is -2.32. The number of benzene rings is 1. The van der Waals surface area contributed by atoms with Gasteiger partial charge in [-0.25, -0.2) is 0 Å². The summed E-state index contributed by atoms with van der Waals surface area (Å²) in [5.74, 6) is 0.621. The Morgan fingerprint density at radius 2 is 1.92 bits per heavy atom. The van der Waals surface area contributed by atoms with E-state index in [9.17, 15) is 5.26 Å². The van der Waals surface area contributed by atoms with Crippen LogP contribution in [0, 0.1) is 17.2 Å². The first-order valence-electron chi connectivity index (χ1n) is 9.04. The summed E-state index contributed by atoms with van der Waals surface area (Å²) in [6, 6.07) is 10.7. The summed E-state index contributed by atoms with van der Waals surface area (Å²) < 4.78 is 1.85. The van der Waals surface area contributed by atoms with Gasteiger partial charge in [0, 0.05) is 46.0 Å². The van der Waals surface area contributed by atoms with Crippen molar-refractivity contribution >= 4 is 5.69 Å². The Kier molecular flexibility index (Phi) is 5.40. The van der Waals surface area contributed by atoms with Crippen LogP contribution >= 0.6 is 0 Å². The van der Waals surface area contributed by atoms with Crippen LogP contribution in [0.15, 0.2) is 30.5 Å². The van der Waals surface area contributed by atoms with E-state index in [1.807, 2.05) is 24.0 Å². The lowest BCUT2D eigenvalue weighted by Gasteiger charge is -2.36. The molecule has 2 heterocycles. The zero-order valence-electron chi connectivity index (χ0n) is 15.4. The first-order chi connectivity index (χ1) is 12.0. The SMILES string of the molecule is CC(C)Cc1ccc(C#N)c(N2CCN(Cc3ccn(C)n3)CC2)c1. The minimum absolute atomic E-state index is 0.621. The molecule has 0 atom stereocenters. The molecule has 5 heteroatoms. The maximum atomic E-state index is 9.47. The van der Waals surface area contributed by atoms with Crippen molar-refractivity contribution in [2.24, 2.45) is 13.0 Å². The van der Waals surface area contributed by atoms with Gasteiger partial charge >= 0.3 is 0 Å². The molecule has 0 amide bonds. The third-order valence-electron chi connectivity index (χ3n) is 4.69. The molecule has 0 bridgehead atoms. The Morgan fingerprint density at radius 3 is 2.52 bits per heavy atom. The molecule has 5 nitrogen and oxygen atoms in total. The van der Waals surface area contributed by atoms with Crippen molar-refractivity contribution in [1.82, 2.24) is 14.7 Å². The molecule has 1 fully saturated rings. The smallest absolute Gasteiger partial charge is 0.101 e. The largest absolute Gasteiger partial charge is 0.368 e. The van der Waals surface area contributed by atoms with E-state index in [0.29, 0.717) is 5.92 Å². The van der Waals surface area contributed by atoms with E-state index < -0.39 is 0 Å². The van der Waals surface area contributed by atoms with Crippen LogP contribution in [-0.2, 0) is 20.0 Å². The fourth-order valence-corrected chi connectivity index (χ4v) is 3.46. The monoisotopic (exact) mass is 337 g/mol. The molecule has 0 radical (unpaired) electrons. The maximum absolute atomic E-state index is 9.47. The first kappa shape index (κ1) is 17.5. The maximum Gasteiger partial charge on any atom is 0.101 e. The fraction of sp³-hybridized carbons (Fsp3) is 0.500. The summed E-state index contributed by atoms with van der Waals surface area (Å²) in [4.78, 5) is 4.79. The highest BCUT2D eigenvalue weighted by atomic mass is 15.3. The van der Waals surface area contributed by atoms with Gasteiger partial charge < -0.3 is 4.90 Å². The van der Waals surface area contributed by atoms with E-state index in [4.69, 9.17) is 0 Å². The van der Waals surface area contributed by atoms with Crippen LogP contribution in [0.5, 0.6) is 0 Å². The number of hydrogen-bond acceptors (Lipinski definition) is 4. The molecule has 0 saturated carbocycles. The van der Waals surface area contributed by atoms with Gasteiger partial charge in [-0.1, -0.05) is 19.9 Å². The average Bonchev–Trinajstić information content (AvgIpc) is 3.00. The van der Waals surface area contributed by atoms with Gasteiger partial charge in [-0.2, -0.15) is 10.4 Å². The van der Waals surface area contributed by atoms with Crippen molar-refractivity contribution in [3.63, 3.8) is 0 Å². The lowest BCUT2D eigenvalue weighted by molar-refractivity contribution is 0.246. The quantitative estimate of drug-likeness (QED) is 0.842. The predicted octanol–water partition coefficient (Wildman–Crippen LogP) is 2.81. The van der Waals surface area contributed by atoms with Crippen LogP contribution < -0.4 is 4.90 Å². The van der Waals surface area contributed by atoms with Gasteiger partial charge in [-0.15, -0.1) is 0 Å². The van der Waals surface area contributed by atoms with Gasteiger partial charge in [0.2, 0.25) is 0 Å². The highest BCUT2D eigenvalue weighted by Gasteiger charge is 2.20. The number of piperazine rings is 1. The van der Waals surface area contributed by atoms with Crippen molar-refractivity contribution < 1.29 is 0 Å². The van der Waals surface area contributed by atoms with E-state index in [0.717, 1.165) is 56.1 Å². The predicted molar refractivity (Wildman–Crippen MR) is 100 cm³/mol. The van der Waals surface area contributed by atoms with Crippen LogP contribution in [0.4, 0.5) is 5.69 Å². The van der Waals surface area contributed by atoms with Gasteiger partial charge in [0.05, 0.1) is 16.9 Å². The third kappa shape index (κ3) is 4.40. The van der Waals surface area contributed by atoms with Gasteiger partial charge in [0.1, 0.15) is 6.07 Å². The van der Waals surface area contributed by atoms with Crippen LogP contribution in [0.2, 0.25) is 0 Å². The van der Waals surface area contributed by atoms with Crippen molar-refractivity contribution in [2.45, 2.75) is 26.8 Å². The second-order valence-corrected chi connectivity index (χ2v) is 7.31. The summed E-state index contributed by atoms with van der Waals surface area (Å²) in [6.07, 6.45) is 3.04. The molecule has 1 aliphatic heterocycles. The number of nitriles is 1. The van der Waals surface area contributed by atoms with E-state index in [1.165, 1.54) is 5.56 Å². The standard InChI is InChI=1S/C20H27N5/c1-16(2)12-17-4-5-18(14-21)20(13-17)25-10-8-24(9-11-25)15-19-6-7-23(3)22-19/h4-7,13,16H,8-12,15H2,1-3H3. The first-order valence-corrected chi connectivity index (χ1v) is 9.04. The molecule has 2 aromatic rings. The zero-order valence-corrected chi connectivity index (χ0v) is 15.4. The molecule has 1 saturated heterocycles. The van der Waals surface area contributed by atoms with Crippen LogP contribution in [0.25, 0.3) is 0 Å². The molecular formula is C20H27N5. The molecule has 3 rings (SSSR count). The van der Waals surface area contributed by atoms with Gasteiger partial charge in [-0.05, 0) is 36.1 Å². The van der Waals surface area contributed by atoms with Crippen molar-refractivity contribution in [1.29, 1.82) is 5.26 Å². The number of hydrogen-bond donors (Lipinski definition) is 0. The molecule has 0 aliphatic carbocycles. The van der Waals surface area contributed by atoms with Crippen molar-refractivity contribution in [3.8, 4) is 6.07 Å². The Labute approximate surface area is 150 Å². The number of rotatable bonds is 5. The molecule has 0 unspecified atom stereocenters. The number of aryl methyl sites for hydroxylation is 1. The average molecular weight is 337 g/mol. The lowest BCUT2D eigenvalue weighted by atomic mass is 10.00. The third-order valence-corrected chi connectivity index (χ3v) is 4.69. The summed E-state index contributed by atoms with van der Waals surface area (Å²) in [7, 11) is 1.95. The van der Waals surface area contributed by atoms with E-state index in [-0.39, 0.29) is 0 Å². The van der Waals surface area contributed by atoms with Crippen LogP contribution in [-0.4, -0.2) is 40.9 Å². The lowest BCUT2D eigenvalue weighted by Crippen LogP contribution is -2.46. The number of aromatic nitrogens is 2. The number of anilines is 1. The second-order valence-electron chi connectivity index (χ2n) is 7.31. The fourth-order valence-electron chi connectivity index (χ4n) is 3.46. The summed E-state index contributed by atoms with van der Waals surface area (Å²) in [5.41, 5.74) is 4.32. The van der Waals surface area contributed by atoms with Gasteiger partial charge in [0.15, 0.2) is 0 Å². The summed E-state index contributed by atoms with van der Waals surface area (Å²) in [5, 5.41) is 13.9. The van der Waals surface area contributed by atoms with E-state index >= 15 is 0 Å². The molecule has 0 N–H and O–H groups in total. The Bertz CT molecular complexity index is 748. The minimum atomic E-state index is 0.621. The number of nitrogens with zero attached hydrogens (tertiary/aromatic N) is 5. The second kappa shape index (κ2) is 7.71. The summed E-state index contributed by atoms with van der Waals surface area (Å²) in [6.45, 7) is 9.25. The highest BCUT2D eigenvalue weighted by molar-refractivity contribution is 5.61. The zero-order chi connectivity index (χ0) is 17.8. The molecule has 1 aliphatic rings. The molecule has 1 aromatic heterocycles. The highest BCUT2D eigenvalue weighted by Crippen LogP contribution is 2.25. The minimum Gasteiger partial charge on any atom is -0.368 e. The normalized spacial score (nSPS) is 15.6. The van der Waals surface area contributed by atoms with Gasteiger partial charge in [0.25, 0.3) is 0 Å². The molecular weight excluding hydrogens is 310 g/mol. The topological polar surface area (TPSA) is 48.1 Å². The van der Waals surface area contributed by atoms with Gasteiger partial charge in [-0.3, -0.25) is 9.58 Å². The Morgan fingerprint density at radius 1 is 1.16 bits per heavy atom. The van der Waals surface area contributed by atoms with E-state index in [2.05, 4.69) is 53.0 Å².